The van der Waals surface area contributed by atoms with Crippen molar-refractivity contribution in [3.63, 3.8) is 0 Å². The molecule has 0 aromatic heterocycles. The molecule has 2 rings (SSSR count). The molecule has 3 nitrogen and oxygen atoms in total. The summed E-state index contributed by atoms with van der Waals surface area (Å²) in [5.74, 6) is 0.580. The summed E-state index contributed by atoms with van der Waals surface area (Å²) in [6.07, 6.45) is 0.924. The molecule has 1 amide bonds. The van der Waals surface area contributed by atoms with Gasteiger partial charge in [-0.1, -0.05) is 41.4 Å². The molecular formula is C18H19Cl2NO2. The number of rotatable bonds is 6. The van der Waals surface area contributed by atoms with E-state index in [0.717, 1.165) is 5.56 Å². The van der Waals surface area contributed by atoms with Gasteiger partial charge in [-0.05, 0) is 50.1 Å². The van der Waals surface area contributed by atoms with Gasteiger partial charge in [0.15, 0.2) is 0 Å². The maximum absolute atomic E-state index is 12.2. The maximum Gasteiger partial charge on any atom is 0.224 e. The van der Waals surface area contributed by atoms with Crippen molar-refractivity contribution >= 4 is 34.8 Å². The number of carbonyl (C=O) groups excluding carboxylic acids is 1. The first kappa shape index (κ1) is 17.6. The van der Waals surface area contributed by atoms with Crippen molar-refractivity contribution in [2.45, 2.75) is 32.8 Å². The van der Waals surface area contributed by atoms with Crippen LogP contribution in [0.25, 0.3) is 0 Å². The topological polar surface area (TPSA) is 38.3 Å². The van der Waals surface area contributed by atoms with E-state index in [1.165, 1.54) is 0 Å². The van der Waals surface area contributed by atoms with Gasteiger partial charge in [-0.2, -0.15) is 0 Å². The Morgan fingerprint density at radius 3 is 2.61 bits per heavy atom. The SMILES string of the molecule is CC(C)Oc1ccccc1NC(=O)CCc1ccc(Cl)cc1Cl. The highest BCUT2D eigenvalue weighted by Crippen LogP contribution is 2.26. The molecule has 0 aliphatic heterocycles. The molecule has 0 spiro atoms. The standard InChI is InChI=1S/C18H19Cl2NO2/c1-12(2)23-17-6-4-3-5-16(17)21-18(22)10-8-13-7-9-14(19)11-15(13)20/h3-7,9,11-12H,8,10H2,1-2H3,(H,21,22). The summed E-state index contributed by atoms with van der Waals surface area (Å²) in [5, 5.41) is 4.05. The zero-order valence-electron chi connectivity index (χ0n) is 13.1. The number of hydrogen-bond donors (Lipinski definition) is 1. The normalized spacial score (nSPS) is 10.7. The van der Waals surface area contributed by atoms with Crippen LogP contribution in [0.2, 0.25) is 10.0 Å². The van der Waals surface area contributed by atoms with Crippen molar-refractivity contribution < 1.29 is 9.53 Å². The van der Waals surface area contributed by atoms with Crippen molar-refractivity contribution in [3.05, 3.63) is 58.1 Å². The second-order valence-corrected chi connectivity index (χ2v) is 6.29. The molecule has 5 heteroatoms. The van der Waals surface area contributed by atoms with E-state index in [-0.39, 0.29) is 12.0 Å². The maximum atomic E-state index is 12.2. The lowest BCUT2D eigenvalue weighted by molar-refractivity contribution is -0.116. The minimum atomic E-state index is -0.0872. The molecule has 2 aromatic carbocycles. The molecule has 0 aliphatic rings. The van der Waals surface area contributed by atoms with Crippen molar-refractivity contribution in [2.75, 3.05) is 5.32 Å². The van der Waals surface area contributed by atoms with E-state index in [2.05, 4.69) is 5.32 Å². The zero-order valence-corrected chi connectivity index (χ0v) is 14.6. The molecule has 0 bridgehead atoms. The summed E-state index contributed by atoms with van der Waals surface area (Å²) >= 11 is 12.0. The lowest BCUT2D eigenvalue weighted by atomic mass is 10.1. The van der Waals surface area contributed by atoms with Gasteiger partial charge in [0.1, 0.15) is 5.75 Å². The van der Waals surface area contributed by atoms with Crippen LogP contribution in [-0.4, -0.2) is 12.0 Å². The number of hydrogen-bond acceptors (Lipinski definition) is 2. The largest absolute Gasteiger partial charge is 0.489 e. The first-order valence-corrected chi connectivity index (χ1v) is 8.21. The third kappa shape index (κ3) is 5.45. The molecule has 1 N–H and O–H groups in total. The number of amides is 1. The minimum Gasteiger partial charge on any atom is -0.489 e. The van der Waals surface area contributed by atoms with E-state index in [1.54, 1.807) is 12.1 Å². The minimum absolute atomic E-state index is 0.0425. The van der Waals surface area contributed by atoms with E-state index in [0.29, 0.717) is 34.3 Å². The van der Waals surface area contributed by atoms with E-state index in [4.69, 9.17) is 27.9 Å². The number of ether oxygens (including phenoxy) is 1. The predicted molar refractivity (Wildman–Crippen MR) is 95.6 cm³/mol. The highest BCUT2D eigenvalue weighted by molar-refractivity contribution is 6.35. The lowest BCUT2D eigenvalue weighted by Crippen LogP contribution is -2.14. The van der Waals surface area contributed by atoms with Crippen LogP contribution in [-0.2, 0) is 11.2 Å². The fourth-order valence-electron chi connectivity index (χ4n) is 2.11. The Kier molecular flexibility index (Phi) is 6.31. The van der Waals surface area contributed by atoms with Crippen LogP contribution in [0, 0.1) is 0 Å². The quantitative estimate of drug-likeness (QED) is 0.761. The number of nitrogens with one attached hydrogen (secondary N) is 1. The molecule has 0 saturated heterocycles. The average molecular weight is 352 g/mol. The third-order valence-corrected chi connectivity index (χ3v) is 3.75. The van der Waals surface area contributed by atoms with Crippen molar-refractivity contribution in [2.24, 2.45) is 0 Å². The second-order valence-electron chi connectivity index (χ2n) is 5.45. The van der Waals surface area contributed by atoms with Gasteiger partial charge in [-0.15, -0.1) is 0 Å². The summed E-state index contributed by atoms with van der Waals surface area (Å²) in [5.41, 5.74) is 1.58. The van der Waals surface area contributed by atoms with Gasteiger partial charge in [0, 0.05) is 16.5 Å². The third-order valence-electron chi connectivity index (χ3n) is 3.16. The van der Waals surface area contributed by atoms with E-state index in [1.807, 2.05) is 44.2 Å². The summed E-state index contributed by atoms with van der Waals surface area (Å²) < 4.78 is 5.69. The molecule has 0 atom stereocenters. The Labute approximate surface area is 146 Å². The zero-order chi connectivity index (χ0) is 16.8. The van der Waals surface area contributed by atoms with Crippen LogP contribution < -0.4 is 10.1 Å². The molecule has 122 valence electrons. The summed E-state index contributed by atoms with van der Waals surface area (Å²) in [7, 11) is 0. The van der Waals surface area contributed by atoms with Crippen molar-refractivity contribution in [3.8, 4) is 5.75 Å². The van der Waals surface area contributed by atoms with E-state index < -0.39 is 0 Å². The first-order chi connectivity index (χ1) is 11.0. The Hall–Kier alpha value is -1.71. The molecule has 0 fully saturated rings. The van der Waals surface area contributed by atoms with Gasteiger partial charge in [-0.3, -0.25) is 4.79 Å². The molecule has 23 heavy (non-hydrogen) atoms. The summed E-state index contributed by atoms with van der Waals surface area (Å²) in [4.78, 5) is 12.2. The smallest absolute Gasteiger partial charge is 0.224 e. The first-order valence-electron chi connectivity index (χ1n) is 7.45. The van der Waals surface area contributed by atoms with Gasteiger partial charge < -0.3 is 10.1 Å². The number of carbonyl (C=O) groups is 1. The van der Waals surface area contributed by atoms with Crippen LogP contribution in [0.5, 0.6) is 5.75 Å². The fourth-order valence-corrected chi connectivity index (χ4v) is 2.61. The van der Waals surface area contributed by atoms with Crippen LogP contribution >= 0.6 is 23.2 Å². The van der Waals surface area contributed by atoms with Crippen LogP contribution in [0.1, 0.15) is 25.8 Å². The molecular weight excluding hydrogens is 333 g/mol. The highest BCUT2D eigenvalue weighted by Gasteiger charge is 2.10. The van der Waals surface area contributed by atoms with Gasteiger partial charge in [0.2, 0.25) is 5.91 Å². The average Bonchev–Trinajstić information content (AvgIpc) is 2.48. The second kappa shape index (κ2) is 8.23. The number of benzene rings is 2. The molecule has 0 radical (unpaired) electrons. The molecule has 0 aliphatic carbocycles. The van der Waals surface area contributed by atoms with Crippen LogP contribution in [0.15, 0.2) is 42.5 Å². The number of aryl methyl sites for hydroxylation is 1. The predicted octanol–water partition coefficient (Wildman–Crippen LogP) is 5.35. The van der Waals surface area contributed by atoms with E-state index >= 15 is 0 Å². The summed E-state index contributed by atoms with van der Waals surface area (Å²) in [6, 6.07) is 12.7. The van der Waals surface area contributed by atoms with E-state index in [9.17, 15) is 4.79 Å². The highest BCUT2D eigenvalue weighted by atomic mass is 35.5. The van der Waals surface area contributed by atoms with Crippen LogP contribution in [0.3, 0.4) is 0 Å². The molecule has 0 heterocycles. The van der Waals surface area contributed by atoms with Gasteiger partial charge in [-0.25, -0.2) is 0 Å². The Morgan fingerprint density at radius 2 is 1.91 bits per heavy atom. The molecule has 0 unspecified atom stereocenters. The van der Waals surface area contributed by atoms with Crippen LogP contribution in [0.4, 0.5) is 5.69 Å². The lowest BCUT2D eigenvalue weighted by Gasteiger charge is -2.14. The molecule has 2 aromatic rings. The number of anilines is 1. The Balaban J connectivity index is 1.97. The monoisotopic (exact) mass is 351 g/mol. The van der Waals surface area contributed by atoms with Crippen molar-refractivity contribution in [1.82, 2.24) is 0 Å². The fraction of sp³-hybridized carbons (Fsp3) is 0.278. The van der Waals surface area contributed by atoms with Gasteiger partial charge in [0.25, 0.3) is 0 Å². The van der Waals surface area contributed by atoms with Gasteiger partial charge >= 0.3 is 0 Å². The number of para-hydroxylation sites is 2. The Bertz CT molecular complexity index is 686. The van der Waals surface area contributed by atoms with Gasteiger partial charge in [0.05, 0.1) is 11.8 Å². The Morgan fingerprint density at radius 1 is 1.17 bits per heavy atom. The summed E-state index contributed by atoms with van der Waals surface area (Å²) in [6.45, 7) is 3.89. The number of halogens is 2. The molecule has 0 saturated carbocycles. The van der Waals surface area contributed by atoms with Crippen molar-refractivity contribution in [1.29, 1.82) is 0 Å².